The predicted molar refractivity (Wildman–Crippen MR) is 104 cm³/mol. The lowest BCUT2D eigenvalue weighted by molar-refractivity contribution is -0.124. The van der Waals surface area contributed by atoms with Crippen molar-refractivity contribution < 1.29 is 9.53 Å². The van der Waals surface area contributed by atoms with Crippen LogP contribution in [0, 0.1) is 17.2 Å². The Hall–Kier alpha value is -2.69. The summed E-state index contributed by atoms with van der Waals surface area (Å²) in [6.07, 6.45) is 2.60. The normalized spacial score (nSPS) is 20.9. The molecular weight excluding hydrogens is 342 g/mol. The van der Waals surface area contributed by atoms with Gasteiger partial charge in [-0.1, -0.05) is 6.92 Å². The number of hydrogen-bond donors (Lipinski definition) is 2. The number of nitrogens with zero attached hydrogens (tertiary/aromatic N) is 3. The zero-order chi connectivity index (χ0) is 19.4. The fourth-order valence-electron chi connectivity index (χ4n) is 3.74. The van der Waals surface area contributed by atoms with E-state index in [1.54, 1.807) is 6.20 Å². The van der Waals surface area contributed by atoms with Crippen LogP contribution in [0.1, 0.15) is 18.9 Å². The molecule has 7 nitrogen and oxygen atoms in total. The first kappa shape index (κ1) is 19.1. The van der Waals surface area contributed by atoms with Crippen molar-refractivity contribution in [1.29, 1.82) is 5.26 Å². The van der Waals surface area contributed by atoms with Gasteiger partial charge in [-0.3, -0.25) is 9.78 Å². The summed E-state index contributed by atoms with van der Waals surface area (Å²) >= 11 is 0. The molecule has 0 spiro atoms. The van der Waals surface area contributed by atoms with Crippen LogP contribution >= 0.6 is 0 Å². The van der Waals surface area contributed by atoms with Crippen molar-refractivity contribution in [3.63, 3.8) is 0 Å². The Kier molecular flexibility index (Phi) is 5.89. The molecule has 0 aliphatic carbocycles. The van der Waals surface area contributed by atoms with Crippen molar-refractivity contribution in [2.75, 3.05) is 31.7 Å². The molecule has 2 aromatic rings. The molecule has 1 aromatic heterocycles. The van der Waals surface area contributed by atoms with Gasteiger partial charge in [0.25, 0.3) is 0 Å². The Labute approximate surface area is 159 Å². The maximum atomic E-state index is 12.3. The van der Waals surface area contributed by atoms with E-state index in [-0.39, 0.29) is 18.6 Å². The molecule has 142 valence electrons. The minimum atomic E-state index is -0.666. The third-order valence-corrected chi connectivity index (χ3v) is 4.90. The summed E-state index contributed by atoms with van der Waals surface area (Å²) in [6.45, 7) is 3.94. The summed E-state index contributed by atoms with van der Waals surface area (Å²) in [7, 11) is 1.53. The monoisotopic (exact) mass is 367 g/mol. The second-order valence-corrected chi connectivity index (χ2v) is 7.16. The minimum Gasteiger partial charge on any atom is -0.383 e. The first-order valence-corrected chi connectivity index (χ1v) is 9.11. The molecule has 0 radical (unpaired) electrons. The van der Waals surface area contributed by atoms with Gasteiger partial charge >= 0.3 is 0 Å². The highest BCUT2D eigenvalue weighted by Gasteiger charge is 2.28. The zero-order valence-corrected chi connectivity index (χ0v) is 15.7. The summed E-state index contributed by atoms with van der Waals surface area (Å²) in [5, 5.41) is 13.3. The average molecular weight is 367 g/mol. The number of carbonyl (C=O) groups is 1. The average Bonchev–Trinajstić information content (AvgIpc) is 2.66. The number of benzene rings is 1. The van der Waals surface area contributed by atoms with Crippen LogP contribution in [0.25, 0.3) is 10.9 Å². The van der Waals surface area contributed by atoms with Gasteiger partial charge in [0.05, 0.1) is 17.7 Å². The number of pyridine rings is 1. The second-order valence-electron chi connectivity index (χ2n) is 7.16. The third kappa shape index (κ3) is 4.18. The highest BCUT2D eigenvalue weighted by atomic mass is 16.5. The van der Waals surface area contributed by atoms with Crippen molar-refractivity contribution in [3.8, 4) is 6.07 Å². The van der Waals surface area contributed by atoms with E-state index in [2.05, 4.69) is 28.2 Å². The third-order valence-electron chi connectivity index (χ3n) is 4.90. The van der Waals surface area contributed by atoms with Gasteiger partial charge in [-0.2, -0.15) is 5.26 Å². The first-order valence-electron chi connectivity index (χ1n) is 9.11. The van der Waals surface area contributed by atoms with Gasteiger partial charge in [-0.25, -0.2) is 0 Å². The van der Waals surface area contributed by atoms with Crippen LogP contribution in [0.15, 0.2) is 30.5 Å². The number of anilines is 1. The largest absolute Gasteiger partial charge is 0.383 e. The molecule has 0 saturated carbocycles. The number of fused-ring (bicyclic) bond motifs is 1. The molecular formula is C20H25N5O2. The fraction of sp³-hybridized carbons (Fsp3) is 0.450. The molecule has 0 bridgehead atoms. The van der Waals surface area contributed by atoms with Gasteiger partial charge in [0.1, 0.15) is 12.1 Å². The van der Waals surface area contributed by atoms with E-state index in [4.69, 9.17) is 10.5 Å². The molecule has 1 aliphatic heterocycles. The smallest absolute Gasteiger partial charge is 0.239 e. The number of amides is 1. The molecule has 1 saturated heterocycles. The van der Waals surface area contributed by atoms with Crippen molar-refractivity contribution in [2.24, 2.45) is 11.7 Å². The van der Waals surface area contributed by atoms with Gasteiger partial charge < -0.3 is 20.7 Å². The van der Waals surface area contributed by atoms with Crippen LogP contribution in [0.2, 0.25) is 0 Å². The Bertz CT molecular complexity index is 863. The highest BCUT2D eigenvalue weighted by Crippen LogP contribution is 2.31. The molecule has 3 rings (SSSR count). The Morgan fingerprint density at radius 2 is 2.30 bits per heavy atom. The number of rotatable bonds is 5. The Morgan fingerprint density at radius 3 is 3.04 bits per heavy atom. The summed E-state index contributed by atoms with van der Waals surface area (Å²) < 4.78 is 4.97. The van der Waals surface area contributed by atoms with Crippen LogP contribution in [0.3, 0.4) is 0 Å². The summed E-state index contributed by atoms with van der Waals surface area (Å²) in [4.78, 5) is 18.9. The van der Waals surface area contributed by atoms with Crippen molar-refractivity contribution >= 4 is 22.5 Å². The van der Waals surface area contributed by atoms with Crippen LogP contribution in [0.5, 0.6) is 0 Å². The number of hydrogen-bond acceptors (Lipinski definition) is 6. The molecule has 7 heteroatoms. The van der Waals surface area contributed by atoms with Gasteiger partial charge in [0.15, 0.2) is 0 Å². The van der Waals surface area contributed by atoms with Gasteiger partial charge in [-0.05, 0) is 36.6 Å². The van der Waals surface area contributed by atoms with Crippen molar-refractivity contribution in [2.45, 2.75) is 25.4 Å². The maximum absolute atomic E-state index is 12.3. The molecule has 1 fully saturated rings. The van der Waals surface area contributed by atoms with Crippen LogP contribution < -0.4 is 16.0 Å². The lowest BCUT2D eigenvalue weighted by Gasteiger charge is -2.39. The highest BCUT2D eigenvalue weighted by molar-refractivity contribution is 5.95. The van der Waals surface area contributed by atoms with E-state index in [0.717, 1.165) is 24.0 Å². The summed E-state index contributed by atoms with van der Waals surface area (Å²) in [6, 6.07) is 9.19. The van der Waals surface area contributed by atoms with Crippen molar-refractivity contribution in [1.82, 2.24) is 10.3 Å². The van der Waals surface area contributed by atoms with E-state index in [9.17, 15) is 10.1 Å². The second kappa shape index (κ2) is 8.33. The SMILES string of the molecule is COC[C@H](N)C(=O)N[C@@H]1C[C@H](C)CN(c2ccc(C#N)c3ncccc23)C1. The van der Waals surface area contributed by atoms with E-state index in [0.29, 0.717) is 23.5 Å². The molecule has 1 aliphatic rings. The molecule has 1 aromatic carbocycles. The number of nitriles is 1. The molecule has 27 heavy (non-hydrogen) atoms. The van der Waals surface area contributed by atoms with Gasteiger partial charge in [0, 0.05) is 43.5 Å². The van der Waals surface area contributed by atoms with Crippen LogP contribution in [-0.2, 0) is 9.53 Å². The van der Waals surface area contributed by atoms with E-state index >= 15 is 0 Å². The minimum absolute atomic E-state index is 0.00604. The topological polar surface area (TPSA) is 104 Å². The maximum Gasteiger partial charge on any atom is 0.239 e. The Morgan fingerprint density at radius 1 is 1.48 bits per heavy atom. The van der Waals surface area contributed by atoms with E-state index in [1.807, 2.05) is 24.3 Å². The number of nitrogens with two attached hydrogens (primary N) is 1. The predicted octanol–water partition coefficient (Wildman–Crippen LogP) is 1.41. The molecule has 3 N–H and O–H groups in total. The van der Waals surface area contributed by atoms with Gasteiger partial charge in [-0.15, -0.1) is 0 Å². The summed E-state index contributed by atoms with van der Waals surface area (Å²) in [5.41, 5.74) is 8.15. The number of ether oxygens (including phenoxy) is 1. The molecule has 1 amide bonds. The summed E-state index contributed by atoms with van der Waals surface area (Å²) in [5.74, 6) is 0.215. The quantitative estimate of drug-likeness (QED) is 0.828. The number of carbonyl (C=O) groups excluding carboxylic acids is 1. The number of methoxy groups -OCH3 is 1. The molecule has 2 heterocycles. The fourth-order valence-corrected chi connectivity index (χ4v) is 3.74. The zero-order valence-electron chi connectivity index (χ0n) is 15.7. The molecule has 0 unspecified atom stereocenters. The van der Waals surface area contributed by atoms with E-state index < -0.39 is 6.04 Å². The van der Waals surface area contributed by atoms with Crippen LogP contribution in [-0.4, -0.2) is 49.8 Å². The molecule has 3 atom stereocenters. The number of piperidine rings is 1. The van der Waals surface area contributed by atoms with Crippen LogP contribution in [0.4, 0.5) is 5.69 Å². The first-order chi connectivity index (χ1) is 13.0. The standard InChI is InChI=1S/C20H25N5O2/c1-13-8-15(24-20(26)17(22)12-27-2)11-25(10-13)18-6-5-14(9-21)19-16(18)4-3-7-23-19/h3-7,13,15,17H,8,10-12,22H2,1-2H3,(H,24,26)/t13-,15+,17-/m0/s1. The lowest BCUT2D eigenvalue weighted by atomic mass is 9.94. The number of nitrogens with one attached hydrogen (secondary N) is 1. The van der Waals surface area contributed by atoms with E-state index in [1.165, 1.54) is 7.11 Å². The van der Waals surface area contributed by atoms with Crippen molar-refractivity contribution in [3.05, 3.63) is 36.0 Å². The Balaban J connectivity index is 1.84. The lowest BCUT2D eigenvalue weighted by Crippen LogP contribution is -2.54. The number of aromatic nitrogens is 1. The van der Waals surface area contributed by atoms with Gasteiger partial charge in [0.2, 0.25) is 5.91 Å².